The van der Waals surface area contributed by atoms with E-state index in [0.29, 0.717) is 0 Å². The van der Waals surface area contributed by atoms with Crippen molar-refractivity contribution >= 4 is 0 Å². The van der Waals surface area contributed by atoms with Crippen molar-refractivity contribution in [2.75, 3.05) is 46.4 Å². The molecule has 2 aliphatic carbocycles. The van der Waals surface area contributed by atoms with Gasteiger partial charge in [0.1, 0.15) is 61.0 Å². The second-order valence-electron chi connectivity index (χ2n) is 15.1. The fourth-order valence-electron chi connectivity index (χ4n) is 7.48. The molecule has 0 unspecified atom stereocenters. The van der Waals surface area contributed by atoms with Crippen LogP contribution in [0.4, 0.5) is 0 Å². The van der Waals surface area contributed by atoms with Crippen LogP contribution in [-0.4, -0.2) is 226 Å². The van der Waals surface area contributed by atoms with Crippen molar-refractivity contribution in [3.63, 3.8) is 0 Å². The summed E-state index contributed by atoms with van der Waals surface area (Å²) in [5, 5.41) is 84.8. The summed E-state index contributed by atoms with van der Waals surface area (Å²) in [7, 11) is 1.62. The molecule has 4 aliphatic rings. The first kappa shape index (κ1) is 45.8. The molecule has 4 fully saturated rings. The third-order valence-electron chi connectivity index (χ3n) is 10.7. The average molecular weight is 788 g/mol. The van der Waals surface area contributed by atoms with Gasteiger partial charge >= 0.3 is 0 Å². The monoisotopic (exact) mass is 787 g/mol. The Morgan fingerprint density at radius 2 is 0.907 bits per heavy atom. The number of aliphatic hydroxyl groups is 8. The Kier molecular flexibility index (Phi) is 17.1. The maximum atomic E-state index is 10.9. The smallest absolute Gasteiger partial charge is 0.176 e. The molecule has 23 nitrogen and oxygen atoms in total. The van der Waals surface area contributed by atoms with Crippen molar-refractivity contribution in [2.24, 2.45) is 45.9 Å². The van der Waals surface area contributed by atoms with E-state index < -0.39 is 134 Å². The maximum Gasteiger partial charge on any atom is 0.176 e. The molecule has 0 bridgehead atoms. The first-order valence-electron chi connectivity index (χ1n) is 18.3. The molecule has 4 rings (SSSR count). The van der Waals surface area contributed by atoms with E-state index in [4.69, 9.17) is 74.3 Å². The standard InChI is InChI=1S/C31H65N9O14/c1-40(6-10(41)8-49-28-20(43)12(34)2-14(36)26(28)53-30-18(38)24(47)22(45)16(4-32)51-30)7-11(42)9-50-29-21(44)13(35)3-15(37)27(29)54-31-19(39)25(48)23(46)17(5-33)52-31/h10-31,41-48H,2-9,32-39H2,1H3/t10-,11-,12+,13+,14-,15-,16+,17+,18+,19+,20-,21-,22+,23+,24+,25+,26+,27+,28+,29+,30+,31+/m0/s1. The molecule has 2 heterocycles. The molecule has 24 N–H and O–H groups in total. The van der Waals surface area contributed by atoms with Crippen molar-refractivity contribution < 1.29 is 69.3 Å². The molecule has 0 radical (unpaired) electrons. The third kappa shape index (κ3) is 10.8. The molecular weight excluding hydrogens is 722 g/mol. The highest BCUT2D eigenvalue weighted by atomic mass is 16.7. The molecule has 0 spiro atoms. The minimum atomic E-state index is -1.41. The largest absolute Gasteiger partial charge is 0.389 e. The Morgan fingerprint density at radius 3 is 1.24 bits per heavy atom. The molecule has 54 heavy (non-hydrogen) atoms. The van der Waals surface area contributed by atoms with Crippen molar-refractivity contribution in [3.8, 4) is 0 Å². The average Bonchev–Trinajstić information content (AvgIpc) is 3.12. The zero-order valence-corrected chi connectivity index (χ0v) is 30.5. The Bertz CT molecular complexity index is 1050. The van der Waals surface area contributed by atoms with Gasteiger partial charge in [0.2, 0.25) is 0 Å². The van der Waals surface area contributed by atoms with E-state index in [1.807, 2.05) is 0 Å². The number of ether oxygens (including phenoxy) is 6. The van der Waals surface area contributed by atoms with E-state index in [1.54, 1.807) is 11.9 Å². The van der Waals surface area contributed by atoms with Gasteiger partial charge in [0.25, 0.3) is 0 Å². The molecule has 0 amide bonds. The van der Waals surface area contributed by atoms with Crippen molar-refractivity contribution in [3.05, 3.63) is 0 Å². The molecule has 2 aliphatic heterocycles. The number of hydrogen-bond donors (Lipinski definition) is 16. The number of nitrogens with two attached hydrogens (primary N) is 8. The summed E-state index contributed by atoms with van der Waals surface area (Å²) in [5.41, 5.74) is 48.3. The molecule has 2 saturated carbocycles. The van der Waals surface area contributed by atoms with Gasteiger partial charge in [-0.05, 0) is 19.9 Å². The highest BCUT2D eigenvalue weighted by Gasteiger charge is 2.50. The zero-order valence-electron chi connectivity index (χ0n) is 30.5. The Balaban J connectivity index is 1.30. The minimum absolute atomic E-state index is 0.0106. The zero-order chi connectivity index (χ0) is 40.2. The number of aliphatic hydroxyl groups excluding tert-OH is 8. The van der Waals surface area contributed by atoms with E-state index in [0.717, 1.165) is 0 Å². The van der Waals surface area contributed by atoms with Crippen LogP contribution < -0.4 is 45.9 Å². The molecule has 0 aromatic carbocycles. The second kappa shape index (κ2) is 20.2. The fourth-order valence-corrected chi connectivity index (χ4v) is 7.48. The first-order valence-corrected chi connectivity index (χ1v) is 18.3. The van der Waals surface area contributed by atoms with Gasteiger partial charge < -0.3 is 120 Å². The topological polar surface area (TPSA) is 429 Å². The highest BCUT2D eigenvalue weighted by molar-refractivity contribution is 5.02. The normalized spacial score (nSPS) is 47.4. The van der Waals surface area contributed by atoms with Gasteiger partial charge in [-0.15, -0.1) is 0 Å². The molecule has 23 heteroatoms. The SMILES string of the molecule is CN(C[C@H](O)CO[C@@H]1[C@@H](O)[C@H](N)C[C@H](N)[C@H]1O[C@H]1O[C@H](CN)[C@@H](O)[C@H](O)[C@H]1N)C[C@H](O)CO[C@@H]1[C@@H](O)[C@H](N)C[C@H](N)[C@H]1O[C@H]1O[C@H](CN)[C@@H](O)[C@H](O)[C@H]1N. The van der Waals surface area contributed by atoms with E-state index in [9.17, 15) is 40.9 Å². The van der Waals surface area contributed by atoms with Crippen LogP contribution >= 0.6 is 0 Å². The van der Waals surface area contributed by atoms with Crippen LogP contribution in [0, 0.1) is 0 Å². The lowest BCUT2D eigenvalue weighted by atomic mass is 9.84. The van der Waals surface area contributed by atoms with E-state index >= 15 is 0 Å². The predicted octanol–water partition coefficient (Wildman–Crippen LogP) is -10.5. The highest BCUT2D eigenvalue weighted by Crippen LogP contribution is 2.30. The molecule has 0 aromatic heterocycles. The van der Waals surface area contributed by atoms with E-state index in [2.05, 4.69) is 0 Å². The van der Waals surface area contributed by atoms with E-state index in [1.165, 1.54) is 0 Å². The molecule has 22 atom stereocenters. The molecule has 2 saturated heterocycles. The van der Waals surface area contributed by atoms with Gasteiger partial charge in [0, 0.05) is 50.3 Å². The molecular formula is C31H65N9O14. The lowest BCUT2D eigenvalue weighted by Crippen LogP contribution is -2.68. The van der Waals surface area contributed by atoms with Crippen molar-refractivity contribution in [1.82, 2.24) is 4.90 Å². The van der Waals surface area contributed by atoms with Crippen LogP contribution in [-0.2, 0) is 28.4 Å². The minimum Gasteiger partial charge on any atom is -0.389 e. The number of nitrogens with zero attached hydrogens (tertiary/aromatic N) is 1. The number of rotatable bonds is 16. The van der Waals surface area contributed by atoms with Gasteiger partial charge in [-0.3, -0.25) is 0 Å². The van der Waals surface area contributed by atoms with Crippen LogP contribution in [0.1, 0.15) is 12.8 Å². The maximum absolute atomic E-state index is 10.9. The number of likely N-dealkylation sites (N-methyl/N-ethyl adjacent to an activating group) is 1. The van der Waals surface area contributed by atoms with Crippen LogP contribution in [0.3, 0.4) is 0 Å². The summed E-state index contributed by atoms with van der Waals surface area (Å²) >= 11 is 0. The quantitative estimate of drug-likeness (QED) is 0.0690. The Labute approximate surface area is 313 Å². The van der Waals surface area contributed by atoms with Gasteiger partial charge in [-0.1, -0.05) is 0 Å². The van der Waals surface area contributed by atoms with Crippen LogP contribution in [0.2, 0.25) is 0 Å². The summed E-state index contributed by atoms with van der Waals surface area (Å²) in [6, 6.07) is -5.43. The third-order valence-corrected chi connectivity index (χ3v) is 10.7. The van der Waals surface area contributed by atoms with Crippen molar-refractivity contribution in [1.29, 1.82) is 0 Å². The lowest BCUT2D eigenvalue weighted by molar-refractivity contribution is -0.292. The Morgan fingerprint density at radius 1 is 0.556 bits per heavy atom. The van der Waals surface area contributed by atoms with E-state index in [-0.39, 0.29) is 52.2 Å². The lowest BCUT2D eigenvalue weighted by Gasteiger charge is -2.47. The number of hydrogen-bond acceptors (Lipinski definition) is 23. The summed E-state index contributed by atoms with van der Waals surface area (Å²) in [6.45, 7) is -0.906. The van der Waals surface area contributed by atoms with Crippen LogP contribution in [0.15, 0.2) is 0 Å². The molecule has 0 aromatic rings. The van der Waals surface area contributed by atoms with Gasteiger partial charge in [0.05, 0.1) is 49.7 Å². The summed E-state index contributed by atoms with van der Waals surface area (Å²) in [5.74, 6) is 0. The summed E-state index contributed by atoms with van der Waals surface area (Å²) < 4.78 is 35.2. The fraction of sp³-hybridized carbons (Fsp3) is 1.00. The second-order valence-corrected chi connectivity index (χ2v) is 15.1. The predicted molar refractivity (Wildman–Crippen MR) is 187 cm³/mol. The summed E-state index contributed by atoms with van der Waals surface area (Å²) in [6.07, 6.45) is -18.8. The van der Waals surface area contributed by atoms with Crippen molar-refractivity contribution in [2.45, 2.75) is 147 Å². The Hall–Kier alpha value is -0.920. The molecule has 318 valence electrons. The van der Waals surface area contributed by atoms with Gasteiger partial charge in [0.15, 0.2) is 12.6 Å². The summed E-state index contributed by atoms with van der Waals surface area (Å²) in [4.78, 5) is 1.59. The van der Waals surface area contributed by atoms with Gasteiger partial charge in [-0.25, -0.2) is 0 Å². The van der Waals surface area contributed by atoms with Crippen LogP contribution in [0.5, 0.6) is 0 Å². The van der Waals surface area contributed by atoms with Crippen LogP contribution in [0.25, 0.3) is 0 Å². The first-order chi connectivity index (χ1) is 25.4. The van der Waals surface area contributed by atoms with Gasteiger partial charge in [-0.2, -0.15) is 0 Å².